The van der Waals surface area contributed by atoms with Crippen molar-refractivity contribution in [1.82, 2.24) is 20.6 Å². The van der Waals surface area contributed by atoms with Crippen molar-refractivity contribution >= 4 is 28.9 Å². The lowest BCUT2D eigenvalue weighted by Crippen LogP contribution is -2.44. The molecular formula is C17H21N5OS. The van der Waals surface area contributed by atoms with Gasteiger partial charge in [-0.15, -0.1) is 0 Å². The lowest BCUT2D eigenvalue weighted by molar-refractivity contribution is -0.122. The van der Waals surface area contributed by atoms with E-state index in [1.165, 1.54) is 11.1 Å². The fraction of sp³-hybridized carbons (Fsp3) is 0.353. The van der Waals surface area contributed by atoms with Crippen LogP contribution in [0.3, 0.4) is 0 Å². The van der Waals surface area contributed by atoms with Gasteiger partial charge >= 0.3 is 0 Å². The highest BCUT2D eigenvalue weighted by Crippen LogP contribution is 2.47. The third kappa shape index (κ3) is 3.73. The zero-order chi connectivity index (χ0) is 17.3. The molecule has 6 nitrogen and oxygen atoms in total. The van der Waals surface area contributed by atoms with Gasteiger partial charge in [-0.25, -0.2) is 0 Å². The number of nitrogens with one attached hydrogen (secondary N) is 3. The summed E-state index contributed by atoms with van der Waals surface area (Å²) >= 11 is 5.19. The third-order valence-electron chi connectivity index (χ3n) is 4.19. The summed E-state index contributed by atoms with van der Waals surface area (Å²) < 4.78 is 1.70. The Morgan fingerprint density at radius 3 is 2.58 bits per heavy atom. The Hall–Kier alpha value is -2.41. The molecule has 126 valence electrons. The van der Waals surface area contributed by atoms with Gasteiger partial charge in [-0.1, -0.05) is 29.8 Å². The first-order valence-corrected chi connectivity index (χ1v) is 8.28. The summed E-state index contributed by atoms with van der Waals surface area (Å²) in [5.74, 6) is 0.269. The van der Waals surface area contributed by atoms with Crippen LogP contribution in [0.15, 0.2) is 30.5 Å². The number of carbonyl (C=O) groups is 1. The molecular weight excluding hydrogens is 322 g/mol. The minimum absolute atomic E-state index is 0.00290. The van der Waals surface area contributed by atoms with Gasteiger partial charge in [-0.2, -0.15) is 5.10 Å². The van der Waals surface area contributed by atoms with E-state index in [2.05, 4.69) is 52.5 Å². The minimum atomic E-state index is -0.0346. The monoisotopic (exact) mass is 343 g/mol. The van der Waals surface area contributed by atoms with E-state index in [-0.39, 0.29) is 11.8 Å². The summed E-state index contributed by atoms with van der Waals surface area (Å²) in [6.45, 7) is 3.95. The molecule has 2 aromatic rings. The van der Waals surface area contributed by atoms with E-state index in [0.717, 1.165) is 17.8 Å². The Bertz CT molecular complexity index is 768. The molecule has 1 aliphatic rings. The Balaban J connectivity index is 1.47. The Labute approximate surface area is 146 Å². The van der Waals surface area contributed by atoms with Crippen molar-refractivity contribution in [2.45, 2.75) is 26.2 Å². The van der Waals surface area contributed by atoms with Crippen LogP contribution in [0.5, 0.6) is 0 Å². The molecule has 1 heterocycles. The molecule has 1 aromatic heterocycles. The van der Waals surface area contributed by atoms with Crippen LogP contribution < -0.4 is 16.2 Å². The van der Waals surface area contributed by atoms with Crippen LogP contribution in [-0.4, -0.2) is 20.8 Å². The molecule has 1 aliphatic carbocycles. The normalized spacial score (nSPS) is 18.8. The number of thiocarbonyl (C=S) groups is 1. The highest BCUT2D eigenvalue weighted by molar-refractivity contribution is 7.80. The molecule has 1 amide bonds. The zero-order valence-electron chi connectivity index (χ0n) is 14.0. The van der Waals surface area contributed by atoms with E-state index in [0.29, 0.717) is 11.0 Å². The molecule has 1 fully saturated rings. The van der Waals surface area contributed by atoms with E-state index in [1.54, 1.807) is 4.68 Å². The number of hydrazine groups is 1. The molecule has 3 N–H and O–H groups in total. The molecule has 0 spiro atoms. The van der Waals surface area contributed by atoms with Crippen LogP contribution >= 0.6 is 12.2 Å². The van der Waals surface area contributed by atoms with Crippen LogP contribution in [0.1, 0.15) is 29.2 Å². The quantitative estimate of drug-likeness (QED) is 0.588. The predicted molar refractivity (Wildman–Crippen MR) is 97.5 cm³/mol. The number of anilines is 1. The highest BCUT2D eigenvalue weighted by Gasteiger charge is 2.43. The number of nitrogens with zero attached hydrogens (tertiary/aromatic N) is 2. The van der Waals surface area contributed by atoms with E-state index >= 15 is 0 Å². The second-order valence-corrected chi connectivity index (χ2v) is 6.64. The molecule has 24 heavy (non-hydrogen) atoms. The van der Waals surface area contributed by atoms with Gasteiger partial charge in [0.1, 0.15) is 0 Å². The van der Waals surface area contributed by atoms with Crippen LogP contribution in [0.2, 0.25) is 0 Å². The summed E-state index contributed by atoms with van der Waals surface area (Å²) in [6.07, 6.45) is 2.71. The van der Waals surface area contributed by atoms with Gasteiger partial charge in [-0.3, -0.25) is 20.3 Å². The Morgan fingerprint density at radius 2 is 1.96 bits per heavy atom. The maximum absolute atomic E-state index is 12.2. The van der Waals surface area contributed by atoms with Crippen molar-refractivity contribution in [3.05, 3.63) is 47.3 Å². The van der Waals surface area contributed by atoms with Gasteiger partial charge < -0.3 is 5.32 Å². The van der Waals surface area contributed by atoms with Crippen molar-refractivity contribution < 1.29 is 4.79 Å². The van der Waals surface area contributed by atoms with E-state index in [4.69, 9.17) is 12.2 Å². The Kier molecular flexibility index (Phi) is 4.53. The highest BCUT2D eigenvalue weighted by atomic mass is 32.1. The number of amides is 1. The van der Waals surface area contributed by atoms with Gasteiger partial charge in [0.05, 0.1) is 11.4 Å². The van der Waals surface area contributed by atoms with E-state index < -0.39 is 0 Å². The number of aryl methyl sites for hydroxylation is 3. The molecule has 0 radical (unpaired) electrons. The van der Waals surface area contributed by atoms with E-state index in [9.17, 15) is 4.79 Å². The second-order valence-electron chi connectivity index (χ2n) is 6.23. The number of hydrogen-bond acceptors (Lipinski definition) is 3. The van der Waals surface area contributed by atoms with Gasteiger partial charge in [0, 0.05) is 19.2 Å². The first kappa shape index (κ1) is 16.4. The summed E-state index contributed by atoms with van der Waals surface area (Å²) in [5, 5.41) is 7.58. The molecule has 0 bridgehead atoms. The van der Waals surface area contributed by atoms with Gasteiger partial charge in [0.25, 0.3) is 0 Å². The molecule has 1 aromatic carbocycles. The van der Waals surface area contributed by atoms with Crippen molar-refractivity contribution in [2.75, 3.05) is 5.32 Å². The Morgan fingerprint density at radius 1 is 1.25 bits per heavy atom. The molecule has 1 saturated carbocycles. The predicted octanol–water partition coefficient (Wildman–Crippen LogP) is 2.16. The lowest BCUT2D eigenvalue weighted by Gasteiger charge is -2.11. The largest absolute Gasteiger partial charge is 0.329 e. The molecule has 3 rings (SSSR count). The SMILES string of the molecule is Cc1ccc([C@H]2C[C@@H]2C(=O)NNC(=S)Nc2cn(C)nc2C)cc1. The zero-order valence-corrected chi connectivity index (χ0v) is 14.8. The number of aromatic nitrogens is 2. The van der Waals surface area contributed by atoms with Crippen molar-refractivity contribution in [1.29, 1.82) is 0 Å². The van der Waals surface area contributed by atoms with E-state index in [1.807, 2.05) is 20.2 Å². The molecule has 0 saturated heterocycles. The summed E-state index contributed by atoms with van der Waals surface area (Å²) in [7, 11) is 1.84. The lowest BCUT2D eigenvalue weighted by atomic mass is 10.1. The standard InChI is InChI=1S/C17H21N5OS/c1-10-4-6-12(7-5-10)13-8-14(13)16(23)19-20-17(24)18-15-9-22(3)21-11(15)2/h4-7,9,13-14H,8H2,1-3H3,(H,19,23)(H2,18,20,24)/t13-,14+/m1/s1. The fourth-order valence-electron chi connectivity index (χ4n) is 2.75. The topological polar surface area (TPSA) is 71.0 Å². The van der Waals surface area contributed by atoms with Crippen LogP contribution in [0, 0.1) is 19.8 Å². The molecule has 0 unspecified atom stereocenters. The molecule has 0 aliphatic heterocycles. The first-order valence-electron chi connectivity index (χ1n) is 7.87. The summed E-state index contributed by atoms with van der Waals surface area (Å²) in [5.41, 5.74) is 9.53. The smallest absolute Gasteiger partial charge is 0.242 e. The average Bonchev–Trinajstić information content (AvgIpc) is 3.27. The van der Waals surface area contributed by atoms with Crippen molar-refractivity contribution in [3.8, 4) is 0 Å². The van der Waals surface area contributed by atoms with Gasteiger partial charge in [-0.05, 0) is 44.0 Å². The maximum atomic E-state index is 12.2. The van der Waals surface area contributed by atoms with Gasteiger partial charge in [0.2, 0.25) is 5.91 Å². The second kappa shape index (κ2) is 6.60. The van der Waals surface area contributed by atoms with Crippen LogP contribution in [0.25, 0.3) is 0 Å². The van der Waals surface area contributed by atoms with Crippen molar-refractivity contribution in [3.63, 3.8) is 0 Å². The van der Waals surface area contributed by atoms with Crippen LogP contribution in [0.4, 0.5) is 5.69 Å². The number of carbonyl (C=O) groups excluding carboxylic acids is 1. The summed E-state index contributed by atoms with van der Waals surface area (Å²) in [6, 6.07) is 8.35. The van der Waals surface area contributed by atoms with Crippen molar-refractivity contribution in [2.24, 2.45) is 13.0 Å². The number of hydrogen-bond donors (Lipinski definition) is 3. The first-order chi connectivity index (χ1) is 11.4. The summed E-state index contributed by atoms with van der Waals surface area (Å²) in [4.78, 5) is 12.2. The third-order valence-corrected chi connectivity index (χ3v) is 4.40. The van der Waals surface area contributed by atoms with Gasteiger partial charge in [0.15, 0.2) is 5.11 Å². The van der Waals surface area contributed by atoms with Crippen LogP contribution in [-0.2, 0) is 11.8 Å². The fourth-order valence-corrected chi connectivity index (χ4v) is 2.91. The maximum Gasteiger partial charge on any atom is 0.242 e. The molecule has 2 atom stereocenters. The minimum Gasteiger partial charge on any atom is -0.329 e. The number of benzene rings is 1. The number of rotatable bonds is 3. The average molecular weight is 343 g/mol. The molecule has 7 heteroatoms.